The quantitative estimate of drug-likeness (QED) is 0.657. The zero-order chi connectivity index (χ0) is 16.4. The van der Waals surface area contributed by atoms with Crippen molar-refractivity contribution in [2.45, 2.75) is 81.2 Å². The molecule has 22 heavy (non-hydrogen) atoms. The van der Waals surface area contributed by atoms with Crippen molar-refractivity contribution >= 4 is 20.1 Å². The Labute approximate surface area is 141 Å². The first-order valence-corrected chi connectivity index (χ1v) is 12.0. The lowest BCUT2D eigenvalue weighted by Gasteiger charge is -2.43. The molecule has 1 aliphatic heterocycles. The summed E-state index contributed by atoms with van der Waals surface area (Å²) in [6.07, 6.45) is 2.57. The normalized spacial score (nSPS) is 26.9. The van der Waals surface area contributed by atoms with Crippen molar-refractivity contribution in [1.82, 2.24) is 0 Å². The largest absolute Gasteiger partial charge is 0.411 e. The monoisotopic (exact) mass is 338 g/mol. The third kappa shape index (κ3) is 4.60. The minimum Gasteiger partial charge on any atom is -0.411 e. The van der Waals surface area contributed by atoms with Crippen molar-refractivity contribution in [1.29, 1.82) is 0 Å². The summed E-state index contributed by atoms with van der Waals surface area (Å²) in [5, 5.41) is 0.252. The van der Waals surface area contributed by atoms with E-state index in [2.05, 4.69) is 71.1 Å². The SMILES string of the molecule is CC1O[C@@H](Sc2ccccc2)CC[C@@H]1O[Si](C)(C)C(C)(C)C. The predicted molar refractivity (Wildman–Crippen MR) is 97.9 cm³/mol. The number of hydrogen-bond acceptors (Lipinski definition) is 3. The third-order valence-electron chi connectivity index (χ3n) is 4.84. The Morgan fingerprint density at radius 3 is 2.32 bits per heavy atom. The molecule has 3 atom stereocenters. The van der Waals surface area contributed by atoms with Crippen molar-refractivity contribution in [3.05, 3.63) is 30.3 Å². The van der Waals surface area contributed by atoms with Crippen LogP contribution in [-0.2, 0) is 9.16 Å². The van der Waals surface area contributed by atoms with Gasteiger partial charge in [-0.2, -0.15) is 0 Å². The molecule has 1 aliphatic rings. The molecule has 1 saturated heterocycles. The van der Waals surface area contributed by atoms with Crippen LogP contribution in [0.3, 0.4) is 0 Å². The summed E-state index contributed by atoms with van der Waals surface area (Å²) in [5.41, 5.74) is 0.247. The van der Waals surface area contributed by atoms with Crippen LogP contribution in [0.5, 0.6) is 0 Å². The second kappa shape index (κ2) is 7.08. The molecule has 1 heterocycles. The summed E-state index contributed by atoms with van der Waals surface area (Å²) >= 11 is 1.83. The standard InChI is InChI=1S/C18H30O2SSi/c1-14-16(20-22(5,6)18(2,3)4)12-13-17(19-14)21-15-10-8-7-9-11-15/h7-11,14,16-17H,12-13H2,1-6H3/t14?,16-,17-/m0/s1. The number of rotatable bonds is 4. The second-order valence-corrected chi connectivity index (χ2v) is 13.7. The smallest absolute Gasteiger partial charge is 0.192 e. The number of ether oxygens (including phenoxy) is 1. The Hall–Kier alpha value is -0.293. The zero-order valence-electron chi connectivity index (χ0n) is 14.8. The van der Waals surface area contributed by atoms with E-state index in [-0.39, 0.29) is 22.7 Å². The van der Waals surface area contributed by atoms with Crippen molar-refractivity contribution in [3.63, 3.8) is 0 Å². The van der Waals surface area contributed by atoms with E-state index in [1.165, 1.54) is 4.90 Å². The first kappa shape index (κ1) is 18.1. The molecular formula is C18H30O2SSi. The van der Waals surface area contributed by atoms with Crippen LogP contribution in [-0.4, -0.2) is 26.0 Å². The average Bonchev–Trinajstić information content (AvgIpc) is 2.42. The Balaban J connectivity index is 1.90. The van der Waals surface area contributed by atoms with E-state index in [0.29, 0.717) is 0 Å². The van der Waals surface area contributed by atoms with Crippen molar-refractivity contribution < 1.29 is 9.16 Å². The molecule has 0 aliphatic carbocycles. The third-order valence-corrected chi connectivity index (χ3v) is 10.5. The maximum absolute atomic E-state index is 6.56. The van der Waals surface area contributed by atoms with Crippen LogP contribution in [0.1, 0.15) is 40.5 Å². The lowest BCUT2D eigenvalue weighted by molar-refractivity contribution is -0.0707. The molecule has 0 amide bonds. The lowest BCUT2D eigenvalue weighted by Crippen LogP contribution is -2.49. The number of hydrogen-bond donors (Lipinski definition) is 0. The first-order valence-electron chi connectivity index (χ1n) is 8.24. The summed E-state index contributed by atoms with van der Waals surface area (Å²) in [6.45, 7) is 13.7. The summed E-state index contributed by atoms with van der Waals surface area (Å²) < 4.78 is 12.8. The number of thioether (sulfide) groups is 1. The van der Waals surface area contributed by atoms with Crippen molar-refractivity contribution in [2.24, 2.45) is 0 Å². The molecule has 0 spiro atoms. The van der Waals surface area contributed by atoms with Gasteiger partial charge in [-0.15, -0.1) is 0 Å². The van der Waals surface area contributed by atoms with Gasteiger partial charge in [0, 0.05) is 4.90 Å². The fourth-order valence-corrected chi connectivity index (χ4v) is 4.90. The van der Waals surface area contributed by atoms with Gasteiger partial charge in [-0.3, -0.25) is 0 Å². The fourth-order valence-electron chi connectivity index (χ4n) is 2.38. The van der Waals surface area contributed by atoms with Crippen LogP contribution in [0, 0.1) is 0 Å². The van der Waals surface area contributed by atoms with Crippen LogP contribution in [0.2, 0.25) is 18.1 Å². The van der Waals surface area contributed by atoms with Gasteiger partial charge >= 0.3 is 0 Å². The van der Waals surface area contributed by atoms with Gasteiger partial charge in [-0.1, -0.05) is 50.7 Å². The highest BCUT2D eigenvalue weighted by Crippen LogP contribution is 2.40. The molecule has 1 aromatic carbocycles. The van der Waals surface area contributed by atoms with E-state index >= 15 is 0 Å². The maximum atomic E-state index is 6.56. The topological polar surface area (TPSA) is 18.5 Å². The van der Waals surface area contributed by atoms with E-state index in [4.69, 9.17) is 9.16 Å². The van der Waals surface area contributed by atoms with Crippen LogP contribution in [0.15, 0.2) is 35.2 Å². The van der Waals surface area contributed by atoms with E-state index in [1.54, 1.807) is 0 Å². The van der Waals surface area contributed by atoms with Crippen LogP contribution in [0.4, 0.5) is 0 Å². The Morgan fingerprint density at radius 2 is 1.77 bits per heavy atom. The van der Waals surface area contributed by atoms with E-state index < -0.39 is 8.32 Å². The highest BCUT2D eigenvalue weighted by atomic mass is 32.2. The highest BCUT2D eigenvalue weighted by Gasteiger charge is 2.41. The second-order valence-electron chi connectivity index (χ2n) is 7.70. The van der Waals surface area contributed by atoms with Gasteiger partial charge in [0.05, 0.1) is 12.2 Å². The van der Waals surface area contributed by atoms with Crippen molar-refractivity contribution in [2.75, 3.05) is 0 Å². The molecular weight excluding hydrogens is 308 g/mol. The molecule has 1 fully saturated rings. The molecule has 0 saturated carbocycles. The van der Waals surface area contributed by atoms with Crippen LogP contribution in [0.25, 0.3) is 0 Å². The van der Waals surface area contributed by atoms with Gasteiger partial charge in [0.2, 0.25) is 0 Å². The zero-order valence-corrected chi connectivity index (χ0v) is 16.6. The highest BCUT2D eigenvalue weighted by molar-refractivity contribution is 7.99. The minimum atomic E-state index is -1.72. The summed E-state index contributed by atoms with van der Waals surface area (Å²) in [5.74, 6) is 0. The van der Waals surface area contributed by atoms with E-state index in [9.17, 15) is 0 Å². The van der Waals surface area contributed by atoms with Gasteiger partial charge in [-0.25, -0.2) is 0 Å². The van der Waals surface area contributed by atoms with Gasteiger partial charge in [0.15, 0.2) is 8.32 Å². The Bertz CT molecular complexity index is 470. The Morgan fingerprint density at radius 1 is 1.14 bits per heavy atom. The molecule has 0 radical (unpaired) electrons. The number of benzene rings is 1. The molecule has 124 valence electrons. The van der Waals surface area contributed by atoms with Gasteiger partial charge < -0.3 is 9.16 Å². The van der Waals surface area contributed by atoms with E-state index in [1.807, 2.05) is 11.8 Å². The minimum absolute atomic E-state index is 0.170. The molecule has 4 heteroatoms. The van der Waals surface area contributed by atoms with Crippen molar-refractivity contribution in [3.8, 4) is 0 Å². The van der Waals surface area contributed by atoms with Gasteiger partial charge in [0.1, 0.15) is 5.44 Å². The fraction of sp³-hybridized carbons (Fsp3) is 0.667. The molecule has 0 bridgehead atoms. The lowest BCUT2D eigenvalue weighted by atomic mass is 10.1. The summed E-state index contributed by atoms with van der Waals surface area (Å²) in [6, 6.07) is 10.5. The first-order chi connectivity index (χ1) is 10.2. The molecule has 1 unspecified atom stereocenters. The summed E-state index contributed by atoms with van der Waals surface area (Å²) in [7, 11) is -1.72. The molecule has 0 aromatic heterocycles. The van der Waals surface area contributed by atoms with Crippen LogP contribution >= 0.6 is 11.8 Å². The van der Waals surface area contributed by atoms with E-state index in [0.717, 1.165) is 12.8 Å². The molecule has 2 rings (SSSR count). The Kier molecular flexibility index (Phi) is 5.81. The maximum Gasteiger partial charge on any atom is 0.192 e. The summed E-state index contributed by atoms with van der Waals surface area (Å²) in [4.78, 5) is 1.28. The van der Waals surface area contributed by atoms with Gasteiger partial charge in [-0.05, 0) is 50.0 Å². The molecule has 2 nitrogen and oxygen atoms in total. The predicted octanol–water partition coefficient (Wildman–Crippen LogP) is 5.69. The molecule has 0 N–H and O–H groups in total. The molecule has 1 aromatic rings. The average molecular weight is 339 g/mol. The van der Waals surface area contributed by atoms with Crippen LogP contribution < -0.4 is 0 Å². The van der Waals surface area contributed by atoms with Gasteiger partial charge in [0.25, 0.3) is 0 Å².